The number of nitrogens with zero attached hydrogens (tertiary/aromatic N) is 3. The maximum atomic E-state index is 13.7. The molecule has 0 aliphatic heterocycles. The van der Waals surface area contributed by atoms with Gasteiger partial charge in [0.2, 0.25) is 5.91 Å². The van der Waals surface area contributed by atoms with E-state index in [2.05, 4.69) is 0 Å². The van der Waals surface area contributed by atoms with Crippen LogP contribution in [0.3, 0.4) is 0 Å². The summed E-state index contributed by atoms with van der Waals surface area (Å²) in [5.41, 5.74) is 3.59. The Morgan fingerprint density at radius 2 is 1.54 bits per heavy atom. The molecule has 4 aromatic carbocycles. The van der Waals surface area contributed by atoms with Gasteiger partial charge < -0.3 is 10.0 Å². The highest BCUT2D eigenvalue weighted by Crippen LogP contribution is 2.25. The van der Waals surface area contributed by atoms with Crippen LogP contribution in [0.25, 0.3) is 27.7 Å². The summed E-state index contributed by atoms with van der Waals surface area (Å²) in [5.74, 6) is -0.311. The molecule has 0 radical (unpaired) electrons. The smallest absolute Gasteiger partial charge is 0.266 e. The molecule has 0 fully saturated rings. The largest absolute Gasteiger partial charge is 0.395 e. The lowest BCUT2D eigenvalue weighted by atomic mass is 10.0. The molecule has 1 N–H and O–H groups in total. The van der Waals surface area contributed by atoms with Crippen molar-refractivity contribution in [1.82, 2.24) is 14.5 Å². The van der Waals surface area contributed by atoms with Gasteiger partial charge >= 0.3 is 0 Å². The minimum absolute atomic E-state index is 0.0637. The van der Waals surface area contributed by atoms with Crippen molar-refractivity contribution in [3.63, 3.8) is 0 Å². The number of aliphatic hydroxyl groups excluding tert-OH is 1. The summed E-state index contributed by atoms with van der Waals surface area (Å²) in [6.07, 6.45) is 0.119. The van der Waals surface area contributed by atoms with Crippen molar-refractivity contribution < 1.29 is 14.3 Å². The topological polar surface area (TPSA) is 75.4 Å². The highest BCUT2D eigenvalue weighted by atomic mass is 19.1. The summed E-state index contributed by atoms with van der Waals surface area (Å²) in [5, 5.41) is 10.2. The summed E-state index contributed by atoms with van der Waals surface area (Å²) >= 11 is 0. The van der Waals surface area contributed by atoms with Gasteiger partial charge in [-0.1, -0.05) is 66.7 Å². The third kappa shape index (κ3) is 5.49. The highest BCUT2D eigenvalue weighted by Gasteiger charge is 2.26. The van der Waals surface area contributed by atoms with E-state index in [-0.39, 0.29) is 31.0 Å². The van der Waals surface area contributed by atoms with Gasteiger partial charge in [-0.25, -0.2) is 9.37 Å². The molecule has 0 saturated carbocycles. The first-order valence-corrected chi connectivity index (χ1v) is 12.8. The quantitative estimate of drug-likeness (QED) is 0.300. The number of rotatable bonds is 8. The van der Waals surface area contributed by atoms with Crippen molar-refractivity contribution in [2.75, 3.05) is 13.2 Å². The lowest BCUT2D eigenvalue weighted by Crippen LogP contribution is -2.39. The van der Waals surface area contributed by atoms with Crippen LogP contribution in [0.2, 0.25) is 0 Å². The second-order valence-electron chi connectivity index (χ2n) is 9.33. The summed E-state index contributed by atoms with van der Waals surface area (Å²) in [4.78, 5) is 33.5. The second-order valence-corrected chi connectivity index (χ2v) is 9.33. The second kappa shape index (κ2) is 11.4. The normalized spacial score (nSPS) is 11.9. The van der Waals surface area contributed by atoms with Crippen LogP contribution in [0.1, 0.15) is 24.4 Å². The highest BCUT2D eigenvalue weighted by molar-refractivity contribution is 5.80. The van der Waals surface area contributed by atoms with Crippen molar-refractivity contribution in [3.8, 4) is 16.8 Å². The van der Waals surface area contributed by atoms with E-state index in [0.29, 0.717) is 22.4 Å². The van der Waals surface area contributed by atoms with Gasteiger partial charge in [0.25, 0.3) is 5.56 Å². The Hall–Kier alpha value is -4.62. The van der Waals surface area contributed by atoms with Crippen molar-refractivity contribution >= 4 is 16.8 Å². The fourth-order valence-electron chi connectivity index (χ4n) is 4.77. The van der Waals surface area contributed by atoms with Crippen molar-refractivity contribution in [2.24, 2.45) is 0 Å². The number of halogens is 1. The predicted octanol–water partition coefficient (Wildman–Crippen LogP) is 5.32. The van der Waals surface area contributed by atoms with Crippen molar-refractivity contribution in [3.05, 3.63) is 131 Å². The van der Waals surface area contributed by atoms with Crippen LogP contribution in [0.15, 0.2) is 108 Å². The monoisotopic (exact) mass is 521 g/mol. The molecule has 1 unspecified atom stereocenters. The van der Waals surface area contributed by atoms with Gasteiger partial charge in [-0.05, 0) is 60.0 Å². The number of para-hydroxylation sites is 1. The molecular weight excluding hydrogens is 493 g/mol. The van der Waals surface area contributed by atoms with E-state index in [0.717, 1.165) is 16.7 Å². The molecule has 0 spiro atoms. The maximum absolute atomic E-state index is 13.7. The third-order valence-electron chi connectivity index (χ3n) is 6.81. The lowest BCUT2D eigenvalue weighted by molar-refractivity contribution is -0.133. The molecule has 196 valence electrons. The molecular formula is C32H28FN3O3. The van der Waals surface area contributed by atoms with Crippen LogP contribution in [0, 0.1) is 5.82 Å². The molecule has 7 heteroatoms. The minimum atomic E-state index is -0.657. The Balaban J connectivity index is 1.50. The van der Waals surface area contributed by atoms with E-state index in [9.17, 15) is 19.1 Å². The van der Waals surface area contributed by atoms with E-state index in [1.165, 1.54) is 33.7 Å². The molecule has 1 heterocycles. The first-order valence-electron chi connectivity index (χ1n) is 12.8. The van der Waals surface area contributed by atoms with E-state index in [4.69, 9.17) is 4.98 Å². The predicted molar refractivity (Wildman–Crippen MR) is 150 cm³/mol. The number of carbonyl (C=O) groups excluding carboxylic acids is 1. The van der Waals surface area contributed by atoms with Crippen molar-refractivity contribution in [1.29, 1.82) is 0 Å². The number of hydrogen-bond acceptors (Lipinski definition) is 4. The van der Waals surface area contributed by atoms with Crippen LogP contribution in [0.5, 0.6) is 0 Å². The molecule has 39 heavy (non-hydrogen) atoms. The number of amides is 1. The molecule has 5 aromatic rings. The van der Waals surface area contributed by atoms with Gasteiger partial charge in [0.1, 0.15) is 11.6 Å². The van der Waals surface area contributed by atoms with Crippen LogP contribution in [0.4, 0.5) is 4.39 Å². The molecule has 0 aliphatic rings. The molecule has 5 rings (SSSR count). The fraction of sp³-hybridized carbons (Fsp3) is 0.156. The summed E-state index contributed by atoms with van der Waals surface area (Å²) < 4.78 is 15.1. The Morgan fingerprint density at radius 3 is 2.23 bits per heavy atom. The van der Waals surface area contributed by atoms with E-state index in [1.54, 1.807) is 31.2 Å². The van der Waals surface area contributed by atoms with E-state index in [1.807, 2.05) is 54.6 Å². The molecule has 0 aliphatic carbocycles. The average Bonchev–Trinajstić information content (AvgIpc) is 2.97. The molecule has 1 amide bonds. The van der Waals surface area contributed by atoms with Gasteiger partial charge in [0.15, 0.2) is 0 Å². The van der Waals surface area contributed by atoms with Gasteiger partial charge in [0, 0.05) is 6.54 Å². The van der Waals surface area contributed by atoms with Crippen LogP contribution >= 0.6 is 0 Å². The number of fused-ring (bicyclic) bond motifs is 1. The molecule has 6 nitrogen and oxygen atoms in total. The van der Waals surface area contributed by atoms with Crippen LogP contribution < -0.4 is 5.56 Å². The summed E-state index contributed by atoms with van der Waals surface area (Å²) in [6, 6.07) is 29.7. The number of aliphatic hydroxyl groups is 1. The zero-order valence-electron chi connectivity index (χ0n) is 21.5. The Labute approximate surface area is 225 Å². The van der Waals surface area contributed by atoms with Gasteiger partial charge in [0.05, 0.1) is 35.7 Å². The van der Waals surface area contributed by atoms with Gasteiger partial charge in [-0.15, -0.1) is 0 Å². The SMILES string of the molecule is CC(c1nc2ccccc2c(=O)n1-c1ccc(F)cc1)N(CCO)C(=O)Cc1ccc(-c2ccccc2)cc1. The molecule has 0 saturated heterocycles. The number of aromatic nitrogens is 2. The number of carbonyl (C=O) groups is 1. The average molecular weight is 522 g/mol. The van der Waals surface area contributed by atoms with Gasteiger partial charge in [-0.2, -0.15) is 0 Å². The zero-order chi connectivity index (χ0) is 27.4. The fourth-order valence-corrected chi connectivity index (χ4v) is 4.77. The van der Waals surface area contributed by atoms with Crippen LogP contribution in [-0.4, -0.2) is 38.6 Å². The van der Waals surface area contributed by atoms with Gasteiger partial charge in [-0.3, -0.25) is 14.2 Å². The Bertz CT molecular complexity index is 1650. The third-order valence-corrected chi connectivity index (χ3v) is 6.81. The molecule has 1 aromatic heterocycles. The zero-order valence-corrected chi connectivity index (χ0v) is 21.5. The number of hydrogen-bond donors (Lipinski definition) is 1. The van der Waals surface area contributed by atoms with Crippen molar-refractivity contribution in [2.45, 2.75) is 19.4 Å². The molecule has 1 atom stereocenters. The molecule has 0 bridgehead atoms. The minimum Gasteiger partial charge on any atom is -0.395 e. The lowest BCUT2D eigenvalue weighted by Gasteiger charge is -2.30. The Kier molecular flexibility index (Phi) is 7.61. The maximum Gasteiger partial charge on any atom is 0.266 e. The first kappa shape index (κ1) is 26.0. The first-order chi connectivity index (χ1) is 19.0. The standard InChI is InChI=1S/C32H28FN3O3/c1-22(31-34-29-10-6-5-9-28(29)32(39)36(31)27-17-15-26(33)16-18-27)35(19-20-37)30(38)21-23-11-13-25(14-12-23)24-7-3-2-4-8-24/h2-18,22,37H,19-21H2,1H3. The van der Waals surface area contributed by atoms with E-state index >= 15 is 0 Å². The van der Waals surface area contributed by atoms with Crippen LogP contribution in [-0.2, 0) is 11.2 Å². The summed E-state index contributed by atoms with van der Waals surface area (Å²) in [7, 11) is 0. The number of benzene rings is 4. The summed E-state index contributed by atoms with van der Waals surface area (Å²) in [6.45, 7) is 1.59. The Morgan fingerprint density at radius 1 is 0.897 bits per heavy atom. The van der Waals surface area contributed by atoms with E-state index < -0.39 is 11.9 Å².